The van der Waals surface area contributed by atoms with Crippen molar-refractivity contribution in [2.45, 2.75) is 41.5 Å². The Hall–Kier alpha value is -1.36. The van der Waals surface area contributed by atoms with E-state index in [1.807, 2.05) is 38.5 Å². The summed E-state index contributed by atoms with van der Waals surface area (Å²) < 4.78 is 23.8. The minimum atomic E-state index is -3.50. The fraction of sp³-hybridized carbons (Fsp3) is 0.500. The Balaban J connectivity index is 0. The van der Waals surface area contributed by atoms with E-state index in [2.05, 4.69) is 0 Å². The van der Waals surface area contributed by atoms with Crippen molar-refractivity contribution < 1.29 is 13.2 Å². The first kappa shape index (κ1) is 20.0. The first-order valence-corrected chi connectivity index (χ1v) is 8.29. The molecule has 1 rings (SSSR count). The zero-order valence-electron chi connectivity index (χ0n) is 12.9. The second-order valence-electron chi connectivity index (χ2n) is 3.47. The summed E-state index contributed by atoms with van der Waals surface area (Å²) in [6.07, 6.45) is 0.957. The zero-order valence-corrected chi connectivity index (χ0v) is 13.7. The van der Waals surface area contributed by atoms with Gasteiger partial charge in [-0.15, -0.1) is 0 Å². The molecule has 110 valence electrons. The summed E-state index contributed by atoms with van der Waals surface area (Å²) in [6.45, 7) is 11.5. The quantitative estimate of drug-likeness (QED) is 0.909. The third-order valence-electron chi connectivity index (χ3n) is 1.99. The second kappa shape index (κ2) is 9.55. The molecule has 0 aromatic heterocycles. The largest absolute Gasteiger partial charge is 0.268 e. The molecule has 0 saturated carbocycles. The molecular formula is C14H25NO3S. The molecule has 0 bridgehead atoms. The van der Waals surface area contributed by atoms with Gasteiger partial charge in [-0.1, -0.05) is 45.9 Å². The van der Waals surface area contributed by atoms with E-state index in [0.29, 0.717) is 5.56 Å². The lowest BCUT2D eigenvalue weighted by atomic mass is 10.0. The molecule has 0 radical (unpaired) electrons. The predicted molar refractivity (Wildman–Crippen MR) is 80.9 cm³/mol. The van der Waals surface area contributed by atoms with E-state index in [-0.39, 0.29) is 0 Å². The first-order valence-electron chi connectivity index (χ1n) is 6.39. The normalized spacial score (nSPS) is 9.42. The smallest absolute Gasteiger partial charge is 0.265 e. The highest BCUT2D eigenvalue weighted by atomic mass is 32.2. The van der Waals surface area contributed by atoms with E-state index >= 15 is 0 Å². The molecule has 1 N–H and O–H groups in total. The Bertz CT molecular complexity index is 473. The molecule has 1 amide bonds. The molecule has 0 aliphatic carbocycles. The third kappa shape index (κ3) is 7.62. The number of hydrogen-bond donors (Lipinski definition) is 1. The molecule has 0 aliphatic heterocycles. The van der Waals surface area contributed by atoms with Gasteiger partial charge in [0.25, 0.3) is 5.91 Å². The third-order valence-corrected chi connectivity index (χ3v) is 2.54. The average molecular weight is 287 g/mol. The lowest BCUT2D eigenvalue weighted by Gasteiger charge is -2.08. The Morgan fingerprint density at radius 1 is 1.00 bits per heavy atom. The molecule has 1 aromatic rings. The van der Waals surface area contributed by atoms with Crippen LogP contribution in [-0.2, 0) is 10.0 Å². The molecule has 0 saturated heterocycles. The van der Waals surface area contributed by atoms with Crippen LogP contribution in [0.2, 0.25) is 0 Å². The number of carbonyl (C=O) groups is 1. The van der Waals surface area contributed by atoms with Crippen molar-refractivity contribution in [3.8, 4) is 0 Å². The van der Waals surface area contributed by atoms with Gasteiger partial charge in [0.15, 0.2) is 0 Å². The molecule has 1 aromatic carbocycles. The van der Waals surface area contributed by atoms with Crippen LogP contribution in [0.1, 0.15) is 49.2 Å². The number of sulfonamides is 1. The van der Waals surface area contributed by atoms with Crippen molar-refractivity contribution in [3.63, 3.8) is 0 Å². The van der Waals surface area contributed by atoms with Crippen LogP contribution in [0, 0.1) is 13.8 Å². The van der Waals surface area contributed by atoms with Crippen LogP contribution in [0.25, 0.3) is 0 Å². The van der Waals surface area contributed by atoms with Crippen molar-refractivity contribution in [2.75, 3.05) is 6.26 Å². The van der Waals surface area contributed by atoms with Crippen LogP contribution in [0.15, 0.2) is 18.2 Å². The van der Waals surface area contributed by atoms with Crippen LogP contribution in [0.4, 0.5) is 0 Å². The number of amides is 1. The van der Waals surface area contributed by atoms with Crippen molar-refractivity contribution in [1.29, 1.82) is 0 Å². The number of nitrogens with one attached hydrogen (secondary N) is 1. The second-order valence-corrected chi connectivity index (χ2v) is 5.22. The van der Waals surface area contributed by atoms with Gasteiger partial charge in [-0.3, -0.25) is 4.79 Å². The van der Waals surface area contributed by atoms with Gasteiger partial charge in [0.1, 0.15) is 0 Å². The maximum atomic E-state index is 11.6. The van der Waals surface area contributed by atoms with Crippen LogP contribution in [0.5, 0.6) is 0 Å². The number of benzene rings is 1. The van der Waals surface area contributed by atoms with E-state index in [1.165, 1.54) is 0 Å². The van der Waals surface area contributed by atoms with Crippen LogP contribution in [-0.4, -0.2) is 20.6 Å². The first-order chi connectivity index (χ1) is 8.81. The predicted octanol–water partition coefficient (Wildman–Crippen LogP) is 3.05. The van der Waals surface area contributed by atoms with E-state index in [0.717, 1.165) is 17.4 Å². The van der Waals surface area contributed by atoms with Crippen molar-refractivity contribution in [2.24, 2.45) is 0 Å². The van der Waals surface area contributed by atoms with Crippen molar-refractivity contribution >= 4 is 15.9 Å². The highest BCUT2D eigenvalue weighted by Gasteiger charge is 2.15. The molecular weight excluding hydrogens is 262 g/mol. The van der Waals surface area contributed by atoms with Crippen molar-refractivity contribution in [3.05, 3.63) is 34.9 Å². The number of rotatable bonds is 2. The van der Waals surface area contributed by atoms with E-state index in [9.17, 15) is 13.2 Å². The van der Waals surface area contributed by atoms with Gasteiger partial charge >= 0.3 is 0 Å². The van der Waals surface area contributed by atoms with Gasteiger partial charge in [-0.25, -0.2) is 13.1 Å². The highest BCUT2D eigenvalue weighted by molar-refractivity contribution is 7.89. The molecule has 0 fully saturated rings. The minimum Gasteiger partial charge on any atom is -0.268 e. The topological polar surface area (TPSA) is 63.2 Å². The van der Waals surface area contributed by atoms with E-state index in [4.69, 9.17) is 0 Å². The molecule has 19 heavy (non-hydrogen) atoms. The standard InChI is InChI=1S/C10H13NO3S.2C2H6/c1-7-5-4-6-8(2)9(7)10(12)11-15(3,13)14;2*1-2/h4-6H,1-3H3,(H,11,12);2*1-2H3. The van der Waals surface area contributed by atoms with Gasteiger partial charge in [0, 0.05) is 5.56 Å². The fourth-order valence-corrected chi connectivity index (χ4v) is 1.83. The Kier molecular flexibility index (Phi) is 10.0. The molecule has 0 unspecified atom stereocenters. The SMILES string of the molecule is CC.CC.Cc1cccc(C)c1C(=O)NS(C)(=O)=O. The maximum absolute atomic E-state index is 11.6. The van der Waals surface area contributed by atoms with Crippen LogP contribution >= 0.6 is 0 Å². The molecule has 4 nitrogen and oxygen atoms in total. The van der Waals surface area contributed by atoms with E-state index < -0.39 is 15.9 Å². The van der Waals surface area contributed by atoms with E-state index in [1.54, 1.807) is 26.0 Å². The lowest BCUT2D eigenvalue weighted by molar-refractivity contribution is 0.0980. The van der Waals surface area contributed by atoms with Crippen LogP contribution < -0.4 is 4.72 Å². The molecule has 0 heterocycles. The van der Waals surface area contributed by atoms with Gasteiger partial charge in [-0.2, -0.15) is 0 Å². The summed E-state index contributed by atoms with van der Waals surface area (Å²) in [5.41, 5.74) is 1.94. The molecule has 0 aliphatic rings. The monoisotopic (exact) mass is 287 g/mol. The number of aryl methyl sites for hydroxylation is 2. The summed E-state index contributed by atoms with van der Waals surface area (Å²) in [7, 11) is -3.50. The Morgan fingerprint density at radius 3 is 1.68 bits per heavy atom. The van der Waals surface area contributed by atoms with Gasteiger partial charge < -0.3 is 0 Å². The Morgan fingerprint density at radius 2 is 1.37 bits per heavy atom. The number of carbonyl (C=O) groups excluding carboxylic acids is 1. The summed E-state index contributed by atoms with van der Waals surface area (Å²) in [4.78, 5) is 11.6. The molecule has 0 atom stereocenters. The molecule has 0 spiro atoms. The van der Waals surface area contributed by atoms with Crippen LogP contribution in [0.3, 0.4) is 0 Å². The lowest BCUT2D eigenvalue weighted by Crippen LogP contribution is -2.30. The fourth-order valence-electron chi connectivity index (χ4n) is 1.39. The summed E-state index contributed by atoms with van der Waals surface area (Å²) in [5.74, 6) is -0.576. The Labute approximate surface area is 117 Å². The summed E-state index contributed by atoms with van der Waals surface area (Å²) >= 11 is 0. The highest BCUT2D eigenvalue weighted by Crippen LogP contribution is 2.12. The van der Waals surface area contributed by atoms with Gasteiger partial charge in [0.05, 0.1) is 6.26 Å². The summed E-state index contributed by atoms with van der Waals surface area (Å²) in [6, 6.07) is 5.36. The van der Waals surface area contributed by atoms with Gasteiger partial charge in [-0.05, 0) is 25.0 Å². The zero-order chi connectivity index (χ0) is 15.6. The van der Waals surface area contributed by atoms with Gasteiger partial charge in [0.2, 0.25) is 10.0 Å². The average Bonchev–Trinajstić information content (AvgIpc) is 2.31. The maximum Gasteiger partial charge on any atom is 0.265 e. The molecule has 5 heteroatoms. The minimum absolute atomic E-state index is 0.419. The summed E-state index contributed by atoms with van der Waals surface area (Å²) in [5, 5.41) is 0. The van der Waals surface area contributed by atoms with Crippen molar-refractivity contribution in [1.82, 2.24) is 4.72 Å². The number of hydrogen-bond acceptors (Lipinski definition) is 3.